The first-order valence-corrected chi connectivity index (χ1v) is 6.55. The van der Waals surface area contributed by atoms with Crippen LogP contribution in [0.3, 0.4) is 0 Å². The largest absolute Gasteiger partial charge is 0.0842 e. The zero-order chi connectivity index (χ0) is 13.0. The van der Waals surface area contributed by atoms with Crippen molar-refractivity contribution in [2.24, 2.45) is 0 Å². The second-order valence-electron chi connectivity index (χ2n) is 4.75. The van der Waals surface area contributed by atoms with E-state index in [1.165, 1.54) is 27.8 Å². The predicted octanol–water partition coefficient (Wildman–Crippen LogP) is 7.30. The number of rotatable bonds is 3. The number of hydrogen-bond donors (Lipinski definition) is 0. The summed E-state index contributed by atoms with van der Waals surface area (Å²) in [6, 6.07) is 15.3. The molecule has 2 aromatic rings. The van der Waals surface area contributed by atoms with Gasteiger partial charge >= 0.3 is 0 Å². The second kappa shape index (κ2) is 9.99. The molecule has 0 fully saturated rings. The Kier molecular flexibility index (Phi) is 10.2. The molecule has 116 valence electrons. The van der Waals surface area contributed by atoms with E-state index < -0.39 is 0 Å². The number of hydrogen-bond acceptors (Lipinski definition) is 0. The third-order valence-corrected chi connectivity index (χ3v) is 3.15. The molecule has 0 bridgehead atoms. The maximum Gasteiger partial charge on any atom is -0.0181 e. The van der Waals surface area contributed by atoms with Crippen LogP contribution in [0.5, 0.6) is 0 Å². The highest BCUT2D eigenvalue weighted by molar-refractivity contribution is 5.68. The summed E-state index contributed by atoms with van der Waals surface area (Å²) in [5, 5.41) is 0. The molecule has 21 heavy (non-hydrogen) atoms. The van der Waals surface area contributed by atoms with Crippen molar-refractivity contribution in [3.05, 3.63) is 65.2 Å². The van der Waals surface area contributed by atoms with Gasteiger partial charge < -0.3 is 0 Å². The number of allylic oxidation sites excluding steroid dienone is 1. The summed E-state index contributed by atoms with van der Waals surface area (Å²) in [5.74, 6) is 0. The molecule has 0 aromatic heterocycles. The van der Waals surface area contributed by atoms with Crippen LogP contribution in [0.25, 0.3) is 17.2 Å². The van der Waals surface area contributed by atoms with E-state index >= 15 is 0 Å². The molecule has 0 nitrogen and oxygen atoms in total. The lowest BCUT2D eigenvalue weighted by molar-refractivity contribution is 1.23. The molecule has 2 aromatic carbocycles. The van der Waals surface area contributed by atoms with Crippen LogP contribution in [0.1, 0.15) is 52.3 Å². The van der Waals surface area contributed by atoms with Gasteiger partial charge in [-0.1, -0.05) is 89.4 Å². The lowest BCUT2D eigenvalue weighted by Crippen LogP contribution is -1.84. The Balaban J connectivity index is 0. The first kappa shape index (κ1) is 21.5. The average molecular weight is 284 g/mol. The van der Waals surface area contributed by atoms with Gasteiger partial charge in [-0.3, -0.25) is 0 Å². The summed E-state index contributed by atoms with van der Waals surface area (Å²) in [7, 11) is 0. The fourth-order valence-corrected chi connectivity index (χ4v) is 2.11. The Labute approximate surface area is 132 Å². The monoisotopic (exact) mass is 284 g/mol. The maximum atomic E-state index is 2.27. The van der Waals surface area contributed by atoms with Crippen LogP contribution in [-0.2, 0) is 0 Å². The van der Waals surface area contributed by atoms with Crippen LogP contribution >= 0.6 is 0 Å². The fourth-order valence-electron chi connectivity index (χ4n) is 2.11. The molecule has 0 radical (unpaired) electrons. The summed E-state index contributed by atoms with van der Waals surface area (Å²) in [6.45, 7) is 6.47. The van der Waals surface area contributed by atoms with Crippen molar-refractivity contribution in [3.63, 3.8) is 0 Å². The van der Waals surface area contributed by atoms with Crippen LogP contribution in [0, 0.1) is 13.8 Å². The van der Waals surface area contributed by atoms with E-state index in [1.807, 2.05) is 0 Å². The standard InChI is InChI=1S/C18H20.3CH4/c1-4-5-8-16-10-11-18(13-15(16)3)17-9-6-7-14(2)12-17;;;/h5-13H,4H2,1-3H3;3*1H4/b8-5-;;;. The van der Waals surface area contributed by atoms with E-state index in [1.54, 1.807) is 0 Å². The summed E-state index contributed by atoms with van der Waals surface area (Å²) >= 11 is 0. The first-order chi connectivity index (χ1) is 8.70. The van der Waals surface area contributed by atoms with Gasteiger partial charge in [0.15, 0.2) is 0 Å². The highest BCUT2D eigenvalue weighted by Gasteiger charge is 2.00. The van der Waals surface area contributed by atoms with Gasteiger partial charge in [0, 0.05) is 0 Å². The third kappa shape index (κ3) is 5.59. The van der Waals surface area contributed by atoms with Gasteiger partial charge in [-0.2, -0.15) is 0 Å². The summed E-state index contributed by atoms with van der Waals surface area (Å²) in [6.07, 6.45) is 5.49. The Hall–Kier alpha value is -1.82. The Morgan fingerprint density at radius 3 is 2.10 bits per heavy atom. The number of aryl methyl sites for hydroxylation is 2. The normalized spacial score (nSPS) is 9.48. The highest BCUT2D eigenvalue weighted by atomic mass is 14.1. The van der Waals surface area contributed by atoms with E-state index in [9.17, 15) is 0 Å². The quantitative estimate of drug-likeness (QED) is 0.554. The van der Waals surface area contributed by atoms with E-state index in [0.29, 0.717) is 0 Å². The second-order valence-corrected chi connectivity index (χ2v) is 4.75. The van der Waals surface area contributed by atoms with Crippen molar-refractivity contribution in [1.82, 2.24) is 0 Å². The molecule has 0 heterocycles. The molecule has 0 aliphatic heterocycles. The number of benzene rings is 2. The van der Waals surface area contributed by atoms with Gasteiger partial charge in [-0.15, -0.1) is 0 Å². The van der Waals surface area contributed by atoms with E-state index in [0.717, 1.165) is 6.42 Å². The van der Waals surface area contributed by atoms with E-state index in [2.05, 4.69) is 75.4 Å². The molecule has 0 aliphatic carbocycles. The lowest BCUT2D eigenvalue weighted by atomic mass is 9.98. The van der Waals surface area contributed by atoms with Gasteiger partial charge in [0.05, 0.1) is 0 Å². The van der Waals surface area contributed by atoms with Gasteiger partial charge in [0.2, 0.25) is 0 Å². The van der Waals surface area contributed by atoms with Crippen molar-refractivity contribution in [2.45, 2.75) is 49.5 Å². The maximum absolute atomic E-state index is 2.27. The van der Waals surface area contributed by atoms with Gasteiger partial charge in [-0.25, -0.2) is 0 Å². The van der Waals surface area contributed by atoms with Gasteiger partial charge in [0.1, 0.15) is 0 Å². The molecule has 0 saturated heterocycles. The molecule has 0 amide bonds. The molecule has 2 rings (SSSR count). The van der Waals surface area contributed by atoms with E-state index in [-0.39, 0.29) is 22.3 Å². The van der Waals surface area contributed by atoms with Crippen LogP contribution < -0.4 is 0 Å². The Morgan fingerprint density at radius 1 is 0.857 bits per heavy atom. The topological polar surface area (TPSA) is 0 Å². The lowest BCUT2D eigenvalue weighted by Gasteiger charge is -2.07. The first-order valence-electron chi connectivity index (χ1n) is 6.55. The van der Waals surface area contributed by atoms with Crippen molar-refractivity contribution >= 4 is 6.08 Å². The highest BCUT2D eigenvalue weighted by Crippen LogP contribution is 2.23. The molecule has 0 spiro atoms. The molecule has 0 atom stereocenters. The Bertz CT molecular complexity index is 562. The van der Waals surface area contributed by atoms with Gasteiger partial charge in [0.25, 0.3) is 0 Å². The van der Waals surface area contributed by atoms with Crippen LogP contribution in [0.4, 0.5) is 0 Å². The Morgan fingerprint density at radius 2 is 1.52 bits per heavy atom. The van der Waals surface area contributed by atoms with Crippen molar-refractivity contribution in [3.8, 4) is 11.1 Å². The molecule has 0 saturated carbocycles. The molecule has 0 aliphatic rings. The minimum Gasteiger partial charge on any atom is -0.0842 e. The van der Waals surface area contributed by atoms with Crippen molar-refractivity contribution in [1.29, 1.82) is 0 Å². The zero-order valence-electron chi connectivity index (χ0n) is 11.4. The minimum atomic E-state index is 0. The van der Waals surface area contributed by atoms with Crippen LogP contribution in [0.2, 0.25) is 0 Å². The molecule has 0 unspecified atom stereocenters. The zero-order valence-corrected chi connectivity index (χ0v) is 11.4. The van der Waals surface area contributed by atoms with Crippen LogP contribution in [-0.4, -0.2) is 0 Å². The third-order valence-electron chi connectivity index (χ3n) is 3.15. The fraction of sp³-hybridized carbons (Fsp3) is 0.333. The minimum absolute atomic E-state index is 0. The SMILES string of the molecule is C.C.C.CC/C=C\c1ccc(-c2cccc(C)c2)cc1C. The summed E-state index contributed by atoms with van der Waals surface area (Å²) in [5.41, 5.74) is 6.54. The summed E-state index contributed by atoms with van der Waals surface area (Å²) < 4.78 is 0. The molecule has 0 N–H and O–H groups in total. The molecular weight excluding hydrogens is 252 g/mol. The smallest absolute Gasteiger partial charge is 0.0181 e. The van der Waals surface area contributed by atoms with Crippen molar-refractivity contribution in [2.75, 3.05) is 0 Å². The molecule has 0 heteroatoms. The average Bonchev–Trinajstić information content (AvgIpc) is 2.37. The summed E-state index contributed by atoms with van der Waals surface area (Å²) in [4.78, 5) is 0. The molecular formula is C21H32. The van der Waals surface area contributed by atoms with E-state index in [4.69, 9.17) is 0 Å². The van der Waals surface area contributed by atoms with Crippen LogP contribution in [0.15, 0.2) is 48.5 Å². The predicted molar refractivity (Wildman–Crippen MR) is 101 cm³/mol. The van der Waals surface area contributed by atoms with Crippen molar-refractivity contribution < 1.29 is 0 Å². The van der Waals surface area contributed by atoms with Gasteiger partial charge in [-0.05, 0) is 42.5 Å².